The molecule has 7 heteroatoms. The Bertz CT molecular complexity index is 1090. The molecule has 0 aliphatic carbocycles. The largest absolute Gasteiger partial charge is 0.444 e. The third-order valence-electron chi connectivity index (χ3n) is 5.46. The number of hydrogen-bond acceptors (Lipinski definition) is 4. The minimum atomic E-state index is -0.503. The Morgan fingerprint density at radius 3 is 2.55 bits per heavy atom. The van der Waals surface area contributed by atoms with Gasteiger partial charge < -0.3 is 19.1 Å². The molecule has 1 saturated heterocycles. The normalized spacial score (nSPS) is 17.3. The first-order valence-corrected chi connectivity index (χ1v) is 11.0. The lowest BCUT2D eigenvalue weighted by atomic mass is 10.2. The van der Waals surface area contributed by atoms with Gasteiger partial charge in [-0.1, -0.05) is 41.9 Å². The lowest BCUT2D eigenvalue weighted by Crippen LogP contribution is -2.55. The quantitative estimate of drug-likeness (QED) is 0.562. The molecular formula is C24H29ClN4O2. The number of nitrogens with zero attached hydrogens (tertiary/aromatic N) is 4. The first-order chi connectivity index (χ1) is 14.7. The first kappa shape index (κ1) is 21.5. The molecule has 0 saturated carbocycles. The molecule has 1 atom stereocenters. The summed E-state index contributed by atoms with van der Waals surface area (Å²) < 4.78 is 7.80. The predicted molar refractivity (Wildman–Crippen MR) is 125 cm³/mol. The lowest BCUT2D eigenvalue weighted by molar-refractivity contribution is 0.0158. The molecule has 31 heavy (non-hydrogen) atoms. The van der Waals surface area contributed by atoms with Crippen LogP contribution >= 0.6 is 11.6 Å². The lowest BCUT2D eigenvalue weighted by Gasteiger charge is -2.40. The molecule has 164 valence electrons. The Labute approximate surface area is 188 Å². The Balaban J connectivity index is 1.62. The summed E-state index contributed by atoms with van der Waals surface area (Å²) in [4.78, 5) is 21.6. The van der Waals surface area contributed by atoms with Crippen LogP contribution in [0.3, 0.4) is 0 Å². The number of benzene rings is 2. The van der Waals surface area contributed by atoms with Crippen LogP contribution in [0, 0.1) is 0 Å². The van der Waals surface area contributed by atoms with Gasteiger partial charge in [0.25, 0.3) is 0 Å². The van der Waals surface area contributed by atoms with Gasteiger partial charge in [-0.05, 0) is 51.5 Å². The number of anilines is 1. The molecule has 0 N–H and O–H groups in total. The van der Waals surface area contributed by atoms with Crippen LogP contribution in [0.15, 0.2) is 48.5 Å². The van der Waals surface area contributed by atoms with Crippen molar-refractivity contribution in [3.05, 3.63) is 59.1 Å². The Morgan fingerprint density at radius 2 is 1.84 bits per heavy atom. The van der Waals surface area contributed by atoms with Crippen molar-refractivity contribution in [2.24, 2.45) is 0 Å². The average Bonchev–Trinajstić information content (AvgIpc) is 3.07. The summed E-state index contributed by atoms with van der Waals surface area (Å²) in [5, 5.41) is 0.745. The van der Waals surface area contributed by atoms with Crippen LogP contribution in [0.1, 0.15) is 33.3 Å². The van der Waals surface area contributed by atoms with Gasteiger partial charge in [-0.15, -0.1) is 0 Å². The predicted octanol–water partition coefficient (Wildman–Crippen LogP) is 5.18. The molecule has 6 nitrogen and oxygen atoms in total. The minimum absolute atomic E-state index is 0.0113. The summed E-state index contributed by atoms with van der Waals surface area (Å²) in [6.45, 7) is 10.3. The van der Waals surface area contributed by atoms with Crippen molar-refractivity contribution in [1.29, 1.82) is 0 Å². The van der Waals surface area contributed by atoms with Crippen LogP contribution in [0.2, 0.25) is 5.02 Å². The number of ether oxygens (including phenoxy) is 1. The van der Waals surface area contributed by atoms with Crippen molar-refractivity contribution < 1.29 is 9.53 Å². The van der Waals surface area contributed by atoms with E-state index in [1.807, 2.05) is 68.1 Å². The van der Waals surface area contributed by atoms with Gasteiger partial charge in [-0.3, -0.25) is 0 Å². The molecule has 0 spiro atoms. The molecule has 0 bridgehead atoms. The number of rotatable bonds is 3. The number of halogens is 1. The standard InChI is InChI=1S/C24H29ClN4O2/c1-17-15-27(13-14-28(17)23(30)31-24(2,3)4)22-26-20-11-7-8-12-21(20)29(22)16-18-9-5-6-10-19(18)25/h5-12,17H,13-16H2,1-4H3/t17-/m0/s1. The number of piperazine rings is 1. The van der Waals surface area contributed by atoms with Gasteiger partial charge in [0.2, 0.25) is 5.95 Å². The molecule has 0 unspecified atom stereocenters. The van der Waals surface area contributed by atoms with Crippen LogP contribution in [-0.2, 0) is 11.3 Å². The third kappa shape index (κ3) is 4.64. The molecule has 3 aromatic rings. The van der Waals surface area contributed by atoms with Crippen LogP contribution in [0.4, 0.5) is 10.7 Å². The molecule has 2 heterocycles. The highest BCUT2D eigenvalue weighted by Gasteiger charge is 2.32. The Kier molecular flexibility index (Phi) is 5.84. The fourth-order valence-corrected chi connectivity index (χ4v) is 4.18. The Morgan fingerprint density at radius 1 is 1.13 bits per heavy atom. The summed E-state index contributed by atoms with van der Waals surface area (Å²) in [6.07, 6.45) is -0.260. The summed E-state index contributed by atoms with van der Waals surface area (Å²) >= 11 is 6.45. The number of hydrogen-bond donors (Lipinski definition) is 0. The van der Waals surface area contributed by atoms with Crippen molar-refractivity contribution >= 4 is 34.7 Å². The van der Waals surface area contributed by atoms with E-state index in [0.29, 0.717) is 26.2 Å². The maximum atomic E-state index is 12.6. The van der Waals surface area contributed by atoms with E-state index in [1.165, 1.54) is 0 Å². The van der Waals surface area contributed by atoms with E-state index in [9.17, 15) is 4.79 Å². The zero-order valence-corrected chi connectivity index (χ0v) is 19.3. The Hall–Kier alpha value is -2.73. The number of para-hydroxylation sites is 2. The second-order valence-electron chi connectivity index (χ2n) is 9.05. The molecule has 1 amide bonds. The molecule has 1 fully saturated rings. The number of carbonyl (C=O) groups excluding carboxylic acids is 1. The van der Waals surface area contributed by atoms with Crippen molar-refractivity contribution in [3.63, 3.8) is 0 Å². The number of imidazole rings is 1. The average molecular weight is 441 g/mol. The minimum Gasteiger partial charge on any atom is -0.444 e. The molecule has 4 rings (SSSR count). The van der Waals surface area contributed by atoms with Gasteiger partial charge in [-0.2, -0.15) is 0 Å². The third-order valence-corrected chi connectivity index (χ3v) is 5.83. The van der Waals surface area contributed by atoms with Crippen molar-refractivity contribution in [2.45, 2.75) is 45.9 Å². The smallest absolute Gasteiger partial charge is 0.410 e. The fourth-order valence-electron chi connectivity index (χ4n) is 3.99. The highest BCUT2D eigenvalue weighted by Crippen LogP contribution is 2.28. The monoisotopic (exact) mass is 440 g/mol. The molecule has 1 aliphatic heterocycles. The number of fused-ring (bicyclic) bond motifs is 1. The van der Waals surface area contributed by atoms with Crippen LogP contribution in [-0.4, -0.2) is 51.8 Å². The van der Waals surface area contributed by atoms with Gasteiger partial charge in [0, 0.05) is 30.7 Å². The van der Waals surface area contributed by atoms with E-state index >= 15 is 0 Å². The second kappa shape index (κ2) is 8.42. The molecule has 2 aromatic carbocycles. The van der Waals surface area contributed by atoms with Crippen LogP contribution in [0.25, 0.3) is 11.0 Å². The van der Waals surface area contributed by atoms with E-state index in [2.05, 4.69) is 22.5 Å². The van der Waals surface area contributed by atoms with Crippen LogP contribution < -0.4 is 4.90 Å². The van der Waals surface area contributed by atoms with Gasteiger partial charge in [0.05, 0.1) is 17.6 Å². The highest BCUT2D eigenvalue weighted by molar-refractivity contribution is 6.31. The SMILES string of the molecule is C[C@H]1CN(c2nc3ccccc3n2Cc2ccccc2Cl)CCN1C(=O)OC(C)(C)C. The highest BCUT2D eigenvalue weighted by atomic mass is 35.5. The van der Waals surface area contributed by atoms with Crippen LogP contribution in [0.5, 0.6) is 0 Å². The zero-order valence-electron chi connectivity index (χ0n) is 18.5. The van der Waals surface area contributed by atoms with Crippen molar-refractivity contribution in [1.82, 2.24) is 14.5 Å². The van der Waals surface area contributed by atoms with Gasteiger partial charge in [0.1, 0.15) is 5.60 Å². The molecule has 1 aliphatic rings. The summed E-state index contributed by atoms with van der Waals surface area (Å²) in [7, 11) is 0. The van der Waals surface area contributed by atoms with Gasteiger partial charge in [-0.25, -0.2) is 9.78 Å². The van der Waals surface area contributed by atoms with E-state index < -0.39 is 5.60 Å². The fraction of sp³-hybridized carbons (Fsp3) is 0.417. The van der Waals surface area contributed by atoms with E-state index in [-0.39, 0.29) is 12.1 Å². The van der Waals surface area contributed by atoms with E-state index in [4.69, 9.17) is 21.3 Å². The van der Waals surface area contributed by atoms with E-state index in [0.717, 1.165) is 27.6 Å². The summed E-state index contributed by atoms with van der Waals surface area (Å²) in [5.74, 6) is 0.900. The maximum Gasteiger partial charge on any atom is 0.410 e. The summed E-state index contributed by atoms with van der Waals surface area (Å²) in [5.41, 5.74) is 2.57. The van der Waals surface area contributed by atoms with Gasteiger partial charge >= 0.3 is 6.09 Å². The maximum absolute atomic E-state index is 12.6. The zero-order chi connectivity index (χ0) is 22.2. The second-order valence-corrected chi connectivity index (χ2v) is 9.45. The number of aromatic nitrogens is 2. The topological polar surface area (TPSA) is 50.6 Å². The summed E-state index contributed by atoms with van der Waals surface area (Å²) in [6, 6.07) is 16.1. The molecule has 0 radical (unpaired) electrons. The van der Waals surface area contributed by atoms with E-state index in [1.54, 1.807) is 0 Å². The van der Waals surface area contributed by atoms with Gasteiger partial charge in [0.15, 0.2) is 0 Å². The molecular weight excluding hydrogens is 412 g/mol. The van der Waals surface area contributed by atoms with Crippen molar-refractivity contribution in [2.75, 3.05) is 24.5 Å². The number of amides is 1. The van der Waals surface area contributed by atoms with Crippen molar-refractivity contribution in [3.8, 4) is 0 Å². The first-order valence-electron chi connectivity index (χ1n) is 10.7. The number of carbonyl (C=O) groups is 1. The molecule has 1 aromatic heterocycles.